The molecule has 1 fully saturated rings. The van der Waals surface area contributed by atoms with E-state index >= 15 is 0 Å². The minimum absolute atomic E-state index is 0.142. The molecule has 0 bridgehead atoms. The number of carbonyl (C=O) groups excluding carboxylic acids is 2. The molecular formula is C11H14N2O2S. The molecule has 0 spiro atoms. The Kier molecular flexibility index (Phi) is 2.96. The monoisotopic (exact) mass is 238 g/mol. The Morgan fingerprint density at radius 2 is 2.06 bits per heavy atom. The van der Waals surface area contributed by atoms with Gasteiger partial charge in [0.05, 0.1) is 6.54 Å². The molecule has 0 saturated carbocycles. The van der Waals surface area contributed by atoms with Gasteiger partial charge in [0, 0.05) is 9.75 Å². The fourth-order valence-electron chi connectivity index (χ4n) is 1.66. The van der Waals surface area contributed by atoms with Gasteiger partial charge in [-0.3, -0.25) is 9.69 Å². The van der Waals surface area contributed by atoms with Crippen LogP contribution in [0.4, 0.5) is 4.79 Å². The second-order valence-corrected chi connectivity index (χ2v) is 5.07. The molecule has 0 radical (unpaired) electrons. The molecule has 0 unspecified atom stereocenters. The topological polar surface area (TPSA) is 49.4 Å². The Hall–Kier alpha value is -1.36. The van der Waals surface area contributed by atoms with Crippen LogP contribution in [0.1, 0.15) is 23.6 Å². The SMILES string of the molecule is CCc1ccc(CN2C(=O)N[C@@H](C)C2=O)s1. The number of urea groups is 1. The van der Waals surface area contributed by atoms with Crippen LogP contribution in [-0.2, 0) is 17.8 Å². The van der Waals surface area contributed by atoms with Crippen LogP contribution in [0.15, 0.2) is 12.1 Å². The quantitative estimate of drug-likeness (QED) is 0.816. The van der Waals surface area contributed by atoms with Crippen LogP contribution in [-0.4, -0.2) is 22.9 Å². The molecule has 1 aromatic rings. The summed E-state index contributed by atoms with van der Waals surface area (Å²) in [4.78, 5) is 26.7. The number of carbonyl (C=O) groups is 2. The van der Waals surface area contributed by atoms with E-state index in [0.717, 1.165) is 11.3 Å². The van der Waals surface area contributed by atoms with E-state index in [0.29, 0.717) is 6.54 Å². The molecule has 2 rings (SSSR count). The summed E-state index contributed by atoms with van der Waals surface area (Å²) in [5.41, 5.74) is 0. The molecule has 1 saturated heterocycles. The number of hydrogen-bond donors (Lipinski definition) is 1. The Balaban J connectivity index is 2.09. The van der Waals surface area contributed by atoms with Crippen LogP contribution >= 0.6 is 11.3 Å². The number of nitrogens with one attached hydrogen (secondary N) is 1. The molecule has 4 nitrogen and oxygen atoms in total. The van der Waals surface area contributed by atoms with Crippen molar-refractivity contribution in [3.8, 4) is 0 Å². The number of nitrogens with zero attached hydrogens (tertiary/aromatic N) is 1. The zero-order valence-corrected chi connectivity index (χ0v) is 10.1. The molecule has 1 N–H and O–H groups in total. The van der Waals surface area contributed by atoms with E-state index in [1.165, 1.54) is 9.78 Å². The first-order valence-electron chi connectivity index (χ1n) is 5.31. The third-order valence-electron chi connectivity index (χ3n) is 2.60. The minimum atomic E-state index is -0.391. The highest BCUT2D eigenvalue weighted by Crippen LogP contribution is 2.20. The third-order valence-corrected chi connectivity index (χ3v) is 3.82. The second kappa shape index (κ2) is 4.25. The first-order chi connectivity index (χ1) is 7.61. The van der Waals surface area contributed by atoms with Gasteiger partial charge in [0.15, 0.2) is 0 Å². The first kappa shape index (κ1) is 11.1. The molecule has 3 amide bonds. The van der Waals surface area contributed by atoms with E-state index in [9.17, 15) is 9.59 Å². The van der Waals surface area contributed by atoms with Crippen LogP contribution in [0.25, 0.3) is 0 Å². The lowest BCUT2D eigenvalue weighted by Crippen LogP contribution is -2.30. The van der Waals surface area contributed by atoms with Gasteiger partial charge in [0.2, 0.25) is 0 Å². The average Bonchev–Trinajstić information content (AvgIpc) is 2.80. The number of thiophene rings is 1. The molecule has 16 heavy (non-hydrogen) atoms. The molecule has 86 valence electrons. The van der Waals surface area contributed by atoms with Gasteiger partial charge < -0.3 is 5.32 Å². The molecule has 0 aliphatic carbocycles. The van der Waals surface area contributed by atoms with Crippen molar-refractivity contribution >= 4 is 23.3 Å². The Bertz CT molecular complexity index is 427. The van der Waals surface area contributed by atoms with Crippen LogP contribution in [0.5, 0.6) is 0 Å². The van der Waals surface area contributed by atoms with Gasteiger partial charge in [-0.1, -0.05) is 6.92 Å². The lowest BCUT2D eigenvalue weighted by Gasteiger charge is -2.10. The van der Waals surface area contributed by atoms with Gasteiger partial charge in [-0.05, 0) is 25.5 Å². The number of aryl methyl sites for hydroxylation is 1. The highest BCUT2D eigenvalue weighted by atomic mass is 32.1. The zero-order valence-electron chi connectivity index (χ0n) is 9.32. The van der Waals surface area contributed by atoms with Crippen LogP contribution < -0.4 is 5.32 Å². The van der Waals surface area contributed by atoms with Gasteiger partial charge in [0.1, 0.15) is 6.04 Å². The maximum atomic E-state index is 11.6. The van der Waals surface area contributed by atoms with Crippen molar-refractivity contribution in [1.82, 2.24) is 10.2 Å². The van der Waals surface area contributed by atoms with Crippen LogP contribution in [0.3, 0.4) is 0 Å². The lowest BCUT2D eigenvalue weighted by atomic mass is 10.3. The summed E-state index contributed by atoms with van der Waals surface area (Å²) in [6.07, 6.45) is 0.987. The van der Waals surface area contributed by atoms with Crippen LogP contribution in [0, 0.1) is 0 Å². The van der Waals surface area contributed by atoms with Gasteiger partial charge in [-0.15, -0.1) is 11.3 Å². The van der Waals surface area contributed by atoms with Crippen molar-refractivity contribution in [3.63, 3.8) is 0 Å². The van der Waals surface area contributed by atoms with Crippen molar-refractivity contribution in [1.29, 1.82) is 0 Å². The maximum Gasteiger partial charge on any atom is 0.325 e. The fraction of sp³-hybridized carbons (Fsp3) is 0.455. The number of imide groups is 1. The summed E-state index contributed by atoms with van der Waals surface area (Å²) < 4.78 is 0. The Morgan fingerprint density at radius 1 is 1.38 bits per heavy atom. The number of rotatable bonds is 3. The van der Waals surface area contributed by atoms with Crippen molar-refractivity contribution in [2.75, 3.05) is 0 Å². The maximum absolute atomic E-state index is 11.6. The van der Waals surface area contributed by atoms with Crippen molar-refractivity contribution in [3.05, 3.63) is 21.9 Å². The van der Waals surface area contributed by atoms with Gasteiger partial charge in [0.25, 0.3) is 5.91 Å². The largest absolute Gasteiger partial charge is 0.326 e. The standard InChI is InChI=1S/C11H14N2O2S/c1-3-8-4-5-9(16-8)6-13-10(14)7(2)12-11(13)15/h4-5,7H,3,6H2,1-2H3,(H,12,15)/t7-/m0/s1. The van der Waals surface area contributed by atoms with E-state index in [1.807, 2.05) is 12.1 Å². The van der Waals surface area contributed by atoms with E-state index < -0.39 is 6.04 Å². The van der Waals surface area contributed by atoms with Crippen molar-refractivity contribution in [2.24, 2.45) is 0 Å². The summed E-state index contributed by atoms with van der Waals surface area (Å²) in [6, 6.07) is 3.34. The van der Waals surface area contributed by atoms with Gasteiger partial charge in [-0.25, -0.2) is 4.79 Å². The zero-order chi connectivity index (χ0) is 11.7. The number of amides is 3. The summed E-state index contributed by atoms with van der Waals surface area (Å²) >= 11 is 1.65. The number of hydrogen-bond acceptors (Lipinski definition) is 3. The first-order valence-corrected chi connectivity index (χ1v) is 6.13. The molecule has 5 heteroatoms. The highest BCUT2D eigenvalue weighted by molar-refractivity contribution is 7.11. The van der Waals surface area contributed by atoms with E-state index in [4.69, 9.17) is 0 Å². The molecule has 1 aliphatic rings. The molecule has 1 aromatic heterocycles. The van der Waals surface area contributed by atoms with Crippen molar-refractivity contribution in [2.45, 2.75) is 32.9 Å². The highest BCUT2D eigenvalue weighted by Gasteiger charge is 2.34. The predicted molar refractivity (Wildman–Crippen MR) is 62.2 cm³/mol. The van der Waals surface area contributed by atoms with E-state index in [-0.39, 0.29) is 11.9 Å². The summed E-state index contributed by atoms with van der Waals surface area (Å²) in [5.74, 6) is -0.142. The molecule has 0 aromatic carbocycles. The minimum Gasteiger partial charge on any atom is -0.326 e. The lowest BCUT2D eigenvalue weighted by molar-refractivity contribution is -0.127. The molecule has 2 heterocycles. The van der Waals surface area contributed by atoms with Gasteiger partial charge >= 0.3 is 6.03 Å². The van der Waals surface area contributed by atoms with Gasteiger partial charge in [-0.2, -0.15) is 0 Å². The van der Waals surface area contributed by atoms with E-state index in [2.05, 4.69) is 12.2 Å². The smallest absolute Gasteiger partial charge is 0.325 e. The average molecular weight is 238 g/mol. The summed E-state index contributed by atoms with van der Waals surface area (Å²) in [6.45, 7) is 4.18. The molecular weight excluding hydrogens is 224 g/mol. The fourth-order valence-corrected chi connectivity index (χ4v) is 2.61. The second-order valence-electron chi connectivity index (χ2n) is 3.82. The summed E-state index contributed by atoms with van der Waals surface area (Å²) in [7, 11) is 0. The predicted octanol–water partition coefficient (Wildman–Crippen LogP) is 1.75. The Morgan fingerprint density at radius 3 is 2.56 bits per heavy atom. The van der Waals surface area contributed by atoms with Crippen molar-refractivity contribution < 1.29 is 9.59 Å². The third kappa shape index (κ3) is 1.95. The van der Waals surface area contributed by atoms with E-state index in [1.54, 1.807) is 18.3 Å². The molecule has 1 aliphatic heterocycles. The Labute approximate surface area is 98.3 Å². The van der Waals surface area contributed by atoms with Crippen LogP contribution in [0.2, 0.25) is 0 Å². The summed E-state index contributed by atoms with van der Waals surface area (Å²) in [5, 5.41) is 2.60. The molecule has 1 atom stereocenters. The normalized spacial score (nSPS) is 20.4.